The van der Waals surface area contributed by atoms with Gasteiger partial charge < -0.3 is 5.73 Å². The SMILES string of the molecule is Cc1nnc(-c2c(=O)n(C#N)n3cc(N)cnc23)s1. The van der Waals surface area contributed by atoms with Gasteiger partial charge in [0.15, 0.2) is 10.7 Å². The zero-order chi connectivity index (χ0) is 13.6. The van der Waals surface area contributed by atoms with Crippen molar-refractivity contribution in [3.8, 4) is 16.8 Å². The van der Waals surface area contributed by atoms with Crippen molar-refractivity contribution in [3.05, 3.63) is 27.8 Å². The molecule has 94 valence electrons. The number of aromatic nitrogens is 5. The van der Waals surface area contributed by atoms with Crippen molar-refractivity contribution in [1.29, 1.82) is 5.26 Å². The van der Waals surface area contributed by atoms with Crippen molar-refractivity contribution in [3.63, 3.8) is 0 Å². The quantitative estimate of drug-likeness (QED) is 0.678. The molecule has 0 spiro atoms. The highest BCUT2D eigenvalue weighted by Gasteiger charge is 2.20. The van der Waals surface area contributed by atoms with Crippen LogP contribution in [0, 0.1) is 18.4 Å². The lowest BCUT2D eigenvalue weighted by molar-refractivity contribution is 0.781. The van der Waals surface area contributed by atoms with E-state index < -0.39 is 5.56 Å². The van der Waals surface area contributed by atoms with Gasteiger partial charge in [-0.25, -0.2) is 9.50 Å². The van der Waals surface area contributed by atoms with Crippen LogP contribution in [-0.4, -0.2) is 24.4 Å². The molecule has 0 fully saturated rings. The second-order valence-electron chi connectivity index (χ2n) is 3.77. The lowest BCUT2D eigenvalue weighted by Gasteiger charge is -1.97. The third kappa shape index (κ3) is 1.58. The van der Waals surface area contributed by atoms with Crippen LogP contribution in [0.2, 0.25) is 0 Å². The Bertz CT molecular complexity index is 882. The first-order valence-corrected chi connectivity index (χ1v) is 6.03. The minimum Gasteiger partial charge on any atom is -0.396 e. The van der Waals surface area contributed by atoms with Crippen molar-refractivity contribution in [2.75, 3.05) is 5.73 Å². The van der Waals surface area contributed by atoms with Crippen molar-refractivity contribution >= 4 is 22.7 Å². The summed E-state index contributed by atoms with van der Waals surface area (Å²) in [5, 5.41) is 18.0. The predicted molar refractivity (Wildman–Crippen MR) is 68.5 cm³/mol. The fourth-order valence-corrected chi connectivity index (χ4v) is 2.46. The summed E-state index contributed by atoms with van der Waals surface area (Å²) < 4.78 is 2.19. The Morgan fingerprint density at radius 3 is 2.89 bits per heavy atom. The molecular weight excluding hydrogens is 266 g/mol. The van der Waals surface area contributed by atoms with Crippen LogP contribution in [0.1, 0.15) is 5.01 Å². The van der Waals surface area contributed by atoms with Crippen LogP contribution in [0.5, 0.6) is 0 Å². The fraction of sp³-hybridized carbons (Fsp3) is 0.100. The minimum atomic E-state index is -0.489. The van der Waals surface area contributed by atoms with Crippen LogP contribution < -0.4 is 11.3 Å². The van der Waals surface area contributed by atoms with Crippen LogP contribution >= 0.6 is 11.3 Å². The maximum absolute atomic E-state index is 12.2. The van der Waals surface area contributed by atoms with Gasteiger partial charge in [0.1, 0.15) is 10.6 Å². The first-order valence-electron chi connectivity index (χ1n) is 5.21. The number of rotatable bonds is 1. The molecule has 8 nitrogen and oxygen atoms in total. The highest BCUT2D eigenvalue weighted by Crippen LogP contribution is 2.24. The molecule has 3 aromatic heterocycles. The van der Waals surface area contributed by atoms with E-state index in [1.165, 1.54) is 28.2 Å². The zero-order valence-corrected chi connectivity index (χ0v) is 10.5. The number of nitriles is 1. The molecule has 3 aromatic rings. The summed E-state index contributed by atoms with van der Waals surface area (Å²) in [6.45, 7) is 1.79. The Kier molecular flexibility index (Phi) is 2.33. The molecule has 0 aliphatic rings. The largest absolute Gasteiger partial charge is 0.396 e. The van der Waals surface area contributed by atoms with Gasteiger partial charge in [-0.05, 0) is 6.92 Å². The molecule has 0 amide bonds. The maximum Gasteiger partial charge on any atom is 0.293 e. The Balaban J connectivity index is 2.47. The molecule has 3 rings (SSSR count). The molecule has 0 atom stereocenters. The Hall–Kier alpha value is -2.73. The van der Waals surface area contributed by atoms with Crippen LogP contribution in [0.15, 0.2) is 17.2 Å². The molecule has 9 heteroatoms. The summed E-state index contributed by atoms with van der Waals surface area (Å²) in [4.78, 5) is 16.3. The summed E-state index contributed by atoms with van der Waals surface area (Å²) in [7, 11) is 0. The molecule has 0 aliphatic carbocycles. The highest BCUT2D eigenvalue weighted by atomic mass is 32.1. The van der Waals surface area contributed by atoms with Gasteiger partial charge in [-0.2, -0.15) is 5.26 Å². The molecule has 0 unspecified atom stereocenters. The van der Waals surface area contributed by atoms with Gasteiger partial charge in [0.05, 0.1) is 18.1 Å². The Morgan fingerprint density at radius 2 is 2.26 bits per heavy atom. The molecule has 3 heterocycles. The van der Waals surface area contributed by atoms with E-state index >= 15 is 0 Å². The van der Waals surface area contributed by atoms with Crippen molar-refractivity contribution in [2.45, 2.75) is 6.92 Å². The van der Waals surface area contributed by atoms with Crippen LogP contribution in [0.25, 0.3) is 16.2 Å². The number of fused-ring (bicyclic) bond motifs is 1. The molecule has 0 saturated heterocycles. The van der Waals surface area contributed by atoms with Crippen LogP contribution in [0.4, 0.5) is 5.69 Å². The van der Waals surface area contributed by atoms with Gasteiger partial charge in [-0.1, -0.05) is 11.3 Å². The standard InChI is InChI=1S/C10H7N7OS/c1-5-14-15-9(19-5)7-8-13-2-6(12)3-16(8)17(4-11)10(7)18/h2-3H,12H2,1H3. The molecule has 2 N–H and O–H groups in total. The lowest BCUT2D eigenvalue weighted by Crippen LogP contribution is -2.16. The molecule has 0 radical (unpaired) electrons. The van der Waals surface area contributed by atoms with E-state index in [9.17, 15) is 4.79 Å². The third-order valence-electron chi connectivity index (χ3n) is 2.50. The summed E-state index contributed by atoms with van der Waals surface area (Å²) in [5.41, 5.74) is 6.07. The lowest BCUT2D eigenvalue weighted by atomic mass is 10.3. The molecule has 0 aliphatic heterocycles. The number of aryl methyl sites for hydroxylation is 1. The highest BCUT2D eigenvalue weighted by molar-refractivity contribution is 7.14. The molecule has 0 bridgehead atoms. The first kappa shape index (κ1) is 11.4. The monoisotopic (exact) mass is 273 g/mol. The summed E-state index contributed by atoms with van der Waals surface area (Å²) in [6.07, 6.45) is 4.68. The van der Waals surface area contributed by atoms with Crippen LogP contribution in [-0.2, 0) is 0 Å². The second kappa shape index (κ2) is 3.89. The van der Waals surface area contributed by atoms with Gasteiger partial charge in [-0.3, -0.25) is 4.79 Å². The molecule has 0 aromatic carbocycles. The van der Waals surface area contributed by atoms with E-state index in [0.29, 0.717) is 16.3 Å². The maximum atomic E-state index is 12.2. The zero-order valence-electron chi connectivity index (χ0n) is 9.73. The predicted octanol–water partition coefficient (Wildman–Crippen LogP) is 0.234. The second-order valence-corrected chi connectivity index (χ2v) is 4.96. The minimum absolute atomic E-state index is 0.257. The Morgan fingerprint density at radius 1 is 1.47 bits per heavy atom. The first-order chi connectivity index (χ1) is 9.11. The van der Waals surface area contributed by atoms with Gasteiger partial charge >= 0.3 is 0 Å². The number of anilines is 1. The molecule has 19 heavy (non-hydrogen) atoms. The third-order valence-corrected chi connectivity index (χ3v) is 3.36. The average molecular weight is 273 g/mol. The van der Waals surface area contributed by atoms with E-state index in [-0.39, 0.29) is 5.56 Å². The van der Waals surface area contributed by atoms with Crippen LogP contribution in [0.3, 0.4) is 0 Å². The topological polar surface area (TPSA) is 115 Å². The van der Waals surface area contributed by atoms with E-state index in [1.54, 1.807) is 13.1 Å². The fourth-order valence-electron chi connectivity index (χ4n) is 1.74. The summed E-state index contributed by atoms with van der Waals surface area (Å²) in [6, 6.07) is 0. The number of hydrogen-bond donors (Lipinski definition) is 1. The number of hydrogen-bond acceptors (Lipinski definition) is 7. The van der Waals surface area contributed by atoms with Gasteiger partial charge in [0.25, 0.3) is 5.56 Å². The number of nitrogens with zero attached hydrogens (tertiary/aromatic N) is 6. The van der Waals surface area contributed by atoms with E-state index in [2.05, 4.69) is 15.2 Å². The average Bonchev–Trinajstić information content (AvgIpc) is 2.90. The Labute approximate surface area is 110 Å². The smallest absolute Gasteiger partial charge is 0.293 e. The normalized spacial score (nSPS) is 10.7. The van der Waals surface area contributed by atoms with Gasteiger partial charge in [0, 0.05) is 0 Å². The van der Waals surface area contributed by atoms with E-state index in [0.717, 1.165) is 9.69 Å². The van der Waals surface area contributed by atoms with Crippen molar-refractivity contribution in [1.82, 2.24) is 24.4 Å². The van der Waals surface area contributed by atoms with Gasteiger partial charge in [0.2, 0.25) is 6.19 Å². The summed E-state index contributed by atoms with van der Waals surface area (Å²) in [5.74, 6) is 0. The number of nitrogen functional groups attached to an aromatic ring is 1. The number of nitrogens with two attached hydrogens (primary N) is 1. The van der Waals surface area contributed by atoms with E-state index in [4.69, 9.17) is 11.0 Å². The summed E-state index contributed by atoms with van der Waals surface area (Å²) >= 11 is 1.27. The van der Waals surface area contributed by atoms with Crippen molar-refractivity contribution in [2.24, 2.45) is 0 Å². The van der Waals surface area contributed by atoms with Crippen molar-refractivity contribution < 1.29 is 0 Å². The van der Waals surface area contributed by atoms with Gasteiger partial charge in [-0.15, -0.1) is 14.9 Å². The molecule has 0 saturated carbocycles. The molecular formula is C10H7N7OS. The van der Waals surface area contributed by atoms with E-state index in [1.807, 2.05) is 0 Å².